The molecule has 2 N–H and O–H groups in total. The Morgan fingerprint density at radius 1 is 1.08 bits per heavy atom. The molecule has 6 heteroatoms. The summed E-state index contributed by atoms with van der Waals surface area (Å²) < 4.78 is 10.9. The van der Waals surface area contributed by atoms with Gasteiger partial charge in [0.2, 0.25) is 0 Å². The van der Waals surface area contributed by atoms with Crippen LogP contribution in [0.2, 0.25) is 0 Å². The van der Waals surface area contributed by atoms with Crippen LogP contribution in [0, 0.1) is 0 Å². The van der Waals surface area contributed by atoms with Gasteiger partial charge in [-0.3, -0.25) is 5.32 Å². The molecule has 0 aliphatic heterocycles. The number of nitrogens with one attached hydrogen (secondary N) is 2. The zero-order chi connectivity index (χ0) is 17.6. The third kappa shape index (κ3) is 12.5. The second-order valence-electron chi connectivity index (χ2n) is 6.36. The average molecular weight is 373 g/mol. The Kier molecular flexibility index (Phi) is 14.0. The van der Waals surface area contributed by atoms with Gasteiger partial charge in [0.15, 0.2) is 0 Å². The monoisotopic (exact) mass is 372 g/mol. The van der Waals surface area contributed by atoms with Gasteiger partial charge in [-0.25, -0.2) is 4.79 Å². The van der Waals surface area contributed by atoms with E-state index in [9.17, 15) is 4.79 Å². The quantitative estimate of drug-likeness (QED) is 0.512. The van der Waals surface area contributed by atoms with Crippen LogP contribution in [0.4, 0.5) is 10.5 Å². The predicted octanol–water partition coefficient (Wildman–Crippen LogP) is 0.123. The van der Waals surface area contributed by atoms with E-state index in [0.29, 0.717) is 18.9 Å². The van der Waals surface area contributed by atoms with Crippen molar-refractivity contribution in [2.75, 3.05) is 39.2 Å². The number of likely N-dealkylation sites (N-methyl/N-ethyl adjacent to an activating group) is 1. The Labute approximate surface area is 158 Å². The lowest BCUT2D eigenvalue weighted by molar-refractivity contribution is -0.858. The summed E-state index contributed by atoms with van der Waals surface area (Å²) in [6.07, 6.45) is 7.03. The van der Waals surface area contributed by atoms with Crippen molar-refractivity contribution in [1.82, 2.24) is 0 Å². The minimum absolute atomic E-state index is 0. The second-order valence-corrected chi connectivity index (χ2v) is 6.36. The SMILES string of the molecule is CCCCCCCCOc1cccc(NC(=O)OCC[NH+](C)C)c1.[Cl-]. The number of rotatable bonds is 12. The first-order valence-corrected chi connectivity index (χ1v) is 9.07. The molecule has 0 aliphatic rings. The molecular weight excluding hydrogens is 340 g/mol. The standard InChI is InChI=1S/C19H32N2O3.ClH/c1-4-5-6-7-8-9-14-23-18-12-10-11-17(16-18)20-19(22)24-15-13-21(2)3;/h10-12,16H,4-9,13-15H2,1-3H3,(H,20,22);1H. The molecule has 0 saturated heterocycles. The van der Waals surface area contributed by atoms with Gasteiger partial charge >= 0.3 is 6.09 Å². The Hall–Kier alpha value is -1.46. The maximum atomic E-state index is 11.7. The summed E-state index contributed by atoms with van der Waals surface area (Å²) in [4.78, 5) is 13.0. The van der Waals surface area contributed by atoms with Crippen molar-refractivity contribution < 1.29 is 31.6 Å². The van der Waals surface area contributed by atoms with E-state index in [1.807, 2.05) is 38.4 Å². The fourth-order valence-corrected chi connectivity index (χ4v) is 2.24. The van der Waals surface area contributed by atoms with E-state index in [1.54, 1.807) is 0 Å². The molecule has 1 amide bonds. The molecule has 144 valence electrons. The minimum Gasteiger partial charge on any atom is -1.00 e. The number of hydrogen-bond donors (Lipinski definition) is 2. The van der Waals surface area contributed by atoms with Gasteiger partial charge in [0.1, 0.15) is 18.9 Å². The Bertz CT molecular complexity index is 470. The van der Waals surface area contributed by atoms with Crippen molar-refractivity contribution in [3.05, 3.63) is 24.3 Å². The summed E-state index contributed by atoms with van der Waals surface area (Å²) in [5, 5.41) is 2.73. The molecule has 0 fully saturated rings. The summed E-state index contributed by atoms with van der Waals surface area (Å²) in [5.74, 6) is 0.777. The fourth-order valence-electron chi connectivity index (χ4n) is 2.24. The molecule has 0 atom stereocenters. The first-order valence-electron chi connectivity index (χ1n) is 9.07. The van der Waals surface area contributed by atoms with E-state index < -0.39 is 6.09 Å². The number of halogens is 1. The summed E-state index contributed by atoms with van der Waals surface area (Å²) in [6, 6.07) is 7.44. The Balaban J connectivity index is 0.00000576. The van der Waals surface area contributed by atoms with Crippen molar-refractivity contribution in [2.45, 2.75) is 45.4 Å². The molecule has 0 heterocycles. The summed E-state index contributed by atoms with van der Waals surface area (Å²) in [6.45, 7) is 4.13. The van der Waals surface area contributed by atoms with Gasteiger partial charge in [-0.15, -0.1) is 0 Å². The van der Waals surface area contributed by atoms with E-state index in [1.165, 1.54) is 37.0 Å². The number of carbonyl (C=O) groups is 1. The highest BCUT2D eigenvalue weighted by atomic mass is 35.5. The number of unbranched alkanes of at least 4 members (excludes halogenated alkanes) is 5. The van der Waals surface area contributed by atoms with Crippen LogP contribution in [-0.4, -0.2) is 39.9 Å². The van der Waals surface area contributed by atoms with Crippen molar-refractivity contribution in [1.29, 1.82) is 0 Å². The maximum absolute atomic E-state index is 11.7. The smallest absolute Gasteiger partial charge is 0.411 e. The molecule has 0 saturated carbocycles. The molecule has 1 aromatic rings. The van der Waals surface area contributed by atoms with Crippen molar-refractivity contribution >= 4 is 11.8 Å². The van der Waals surface area contributed by atoms with Gasteiger partial charge in [0.05, 0.1) is 20.7 Å². The van der Waals surface area contributed by atoms with E-state index in [2.05, 4.69) is 12.2 Å². The molecule has 0 unspecified atom stereocenters. The summed E-state index contributed by atoms with van der Waals surface area (Å²) in [5.41, 5.74) is 0.692. The molecule has 5 nitrogen and oxygen atoms in total. The van der Waals surface area contributed by atoms with Crippen molar-refractivity contribution in [2.24, 2.45) is 0 Å². The van der Waals surface area contributed by atoms with E-state index >= 15 is 0 Å². The number of ether oxygens (including phenoxy) is 2. The topological polar surface area (TPSA) is 52.0 Å². The number of hydrogen-bond acceptors (Lipinski definition) is 3. The highest BCUT2D eigenvalue weighted by Crippen LogP contribution is 2.18. The molecular formula is C19H33ClN2O3. The zero-order valence-electron chi connectivity index (χ0n) is 15.8. The fraction of sp³-hybridized carbons (Fsp3) is 0.632. The van der Waals surface area contributed by atoms with Crippen LogP contribution in [-0.2, 0) is 4.74 Å². The van der Waals surface area contributed by atoms with Crippen LogP contribution in [0.5, 0.6) is 5.75 Å². The van der Waals surface area contributed by atoms with E-state index in [-0.39, 0.29) is 12.4 Å². The van der Waals surface area contributed by atoms with Gasteiger partial charge in [0.25, 0.3) is 0 Å². The summed E-state index contributed by atoms with van der Waals surface area (Å²) in [7, 11) is 4.04. The third-order valence-electron chi connectivity index (χ3n) is 3.68. The first-order chi connectivity index (χ1) is 11.6. The number of amides is 1. The Morgan fingerprint density at radius 3 is 2.52 bits per heavy atom. The second kappa shape index (κ2) is 14.8. The van der Waals surface area contributed by atoms with Gasteiger partial charge < -0.3 is 26.8 Å². The number of anilines is 1. The first kappa shape index (κ1) is 23.5. The van der Waals surface area contributed by atoms with Crippen LogP contribution in [0.1, 0.15) is 45.4 Å². The molecule has 25 heavy (non-hydrogen) atoms. The number of quaternary nitrogens is 1. The molecule has 0 bridgehead atoms. The van der Waals surface area contributed by atoms with E-state index in [4.69, 9.17) is 9.47 Å². The Morgan fingerprint density at radius 2 is 1.80 bits per heavy atom. The van der Waals surface area contributed by atoms with Gasteiger partial charge in [0, 0.05) is 11.8 Å². The van der Waals surface area contributed by atoms with Crippen LogP contribution >= 0.6 is 0 Å². The number of carbonyl (C=O) groups excluding carboxylic acids is 1. The van der Waals surface area contributed by atoms with Crippen LogP contribution in [0.15, 0.2) is 24.3 Å². The molecule has 0 aromatic heterocycles. The molecule has 0 radical (unpaired) electrons. The normalized spacial score (nSPS) is 10.2. The molecule has 0 spiro atoms. The third-order valence-corrected chi connectivity index (χ3v) is 3.68. The molecule has 1 rings (SSSR count). The largest absolute Gasteiger partial charge is 1.00 e. The van der Waals surface area contributed by atoms with Crippen molar-refractivity contribution in [3.63, 3.8) is 0 Å². The summed E-state index contributed by atoms with van der Waals surface area (Å²) >= 11 is 0. The highest BCUT2D eigenvalue weighted by Gasteiger charge is 2.05. The van der Waals surface area contributed by atoms with Gasteiger partial charge in [-0.2, -0.15) is 0 Å². The van der Waals surface area contributed by atoms with Crippen LogP contribution in [0.25, 0.3) is 0 Å². The van der Waals surface area contributed by atoms with Gasteiger partial charge in [-0.1, -0.05) is 45.1 Å². The minimum atomic E-state index is -0.427. The van der Waals surface area contributed by atoms with Gasteiger partial charge in [-0.05, 0) is 18.6 Å². The lowest BCUT2D eigenvalue weighted by atomic mass is 10.1. The number of benzene rings is 1. The zero-order valence-corrected chi connectivity index (χ0v) is 16.5. The van der Waals surface area contributed by atoms with Crippen molar-refractivity contribution in [3.8, 4) is 5.75 Å². The predicted molar refractivity (Wildman–Crippen MR) is 98.0 cm³/mol. The highest BCUT2D eigenvalue weighted by molar-refractivity contribution is 5.84. The van der Waals surface area contributed by atoms with Crippen LogP contribution < -0.4 is 27.4 Å². The average Bonchev–Trinajstić information content (AvgIpc) is 2.54. The lowest BCUT2D eigenvalue weighted by Crippen LogP contribution is -3.06. The van der Waals surface area contributed by atoms with Crippen LogP contribution in [0.3, 0.4) is 0 Å². The maximum Gasteiger partial charge on any atom is 0.411 e. The molecule has 1 aromatic carbocycles. The molecule has 0 aliphatic carbocycles. The van der Waals surface area contributed by atoms with E-state index in [0.717, 1.165) is 18.7 Å². The lowest BCUT2D eigenvalue weighted by Gasteiger charge is -2.10.